The molecule has 0 bridgehead atoms. The van der Waals surface area contributed by atoms with Gasteiger partial charge in [-0.25, -0.2) is 13.7 Å². The minimum absolute atomic E-state index is 0.00234. The largest absolute Gasteiger partial charge is 0.472 e. The van der Waals surface area contributed by atoms with Crippen LogP contribution in [0.15, 0.2) is 36.5 Å². The third-order valence-electron chi connectivity index (χ3n) is 11.4. The second kappa shape index (κ2) is 38.9. The molecule has 0 aromatic carbocycles. The Bertz CT molecular complexity index is 1580. The molecule has 0 saturated heterocycles. The third kappa shape index (κ3) is 35.2. The van der Waals surface area contributed by atoms with Crippen molar-refractivity contribution in [1.82, 2.24) is 0 Å². The van der Waals surface area contributed by atoms with Gasteiger partial charge in [-0.15, -0.1) is 0 Å². The summed E-state index contributed by atoms with van der Waals surface area (Å²) in [4.78, 5) is 73.3. The molecule has 0 heterocycles. The number of phosphoric ester groups is 3. The monoisotopic (exact) mass is 1050 g/mol. The van der Waals surface area contributed by atoms with Crippen LogP contribution in [0.25, 0.3) is 0 Å². The molecule has 404 valence electrons. The van der Waals surface area contributed by atoms with Gasteiger partial charge in [-0.2, -0.15) is 0 Å². The number of esters is 2. The highest BCUT2D eigenvalue weighted by Gasteiger charge is 2.56. The van der Waals surface area contributed by atoms with Crippen molar-refractivity contribution >= 4 is 35.4 Å². The molecule has 0 aromatic rings. The van der Waals surface area contributed by atoms with Crippen molar-refractivity contribution < 1.29 is 90.6 Å². The minimum Gasteiger partial charge on any atom is -0.462 e. The Morgan fingerprint density at radius 3 is 1.32 bits per heavy atom. The first-order chi connectivity index (χ1) is 32.8. The van der Waals surface area contributed by atoms with Crippen LogP contribution in [0.1, 0.15) is 194 Å². The summed E-state index contributed by atoms with van der Waals surface area (Å²) in [5.41, 5.74) is 0. The summed E-state index contributed by atoms with van der Waals surface area (Å²) in [5.74, 6) is -1.31. The Labute approximate surface area is 410 Å². The highest BCUT2D eigenvalue weighted by Crippen LogP contribution is 2.51. The maximum absolute atomic E-state index is 13.1. The van der Waals surface area contributed by atoms with Crippen LogP contribution in [0, 0.1) is 0 Å². The van der Waals surface area contributed by atoms with E-state index < -0.39 is 91.3 Å². The summed E-state index contributed by atoms with van der Waals surface area (Å²) in [7, 11) is -16.6. The molecule has 1 aliphatic carbocycles. The molecule has 19 nitrogen and oxygen atoms in total. The topological polar surface area (TPSA) is 303 Å². The maximum atomic E-state index is 13.1. The summed E-state index contributed by atoms with van der Waals surface area (Å²) in [5, 5.41) is 31.9. The van der Waals surface area contributed by atoms with Crippen LogP contribution >= 0.6 is 23.5 Å². The van der Waals surface area contributed by atoms with Crippen LogP contribution in [-0.4, -0.2) is 108 Å². The molecule has 1 rings (SSSR count). The van der Waals surface area contributed by atoms with E-state index in [0.29, 0.717) is 12.8 Å². The predicted molar refractivity (Wildman–Crippen MR) is 261 cm³/mol. The summed E-state index contributed by atoms with van der Waals surface area (Å²) >= 11 is 0. The van der Waals surface area contributed by atoms with Gasteiger partial charge in [0.2, 0.25) is 0 Å². The number of allylic oxidation sites excluding steroid dienone is 6. The average molecular weight is 1050 g/mol. The first-order valence-corrected chi connectivity index (χ1v) is 29.8. The summed E-state index contributed by atoms with van der Waals surface area (Å²) in [6, 6.07) is 0. The Balaban J connectivity index is 2.69. The third-order valence-corrected chi connectivity index (χ3v) is 13.5. The number of phosphoric acid groups is 3. The number of rotatable bonds is 43. The van der Waals surface area contributed by atoms with Gasteiger partial charge in [-0.05, 0) is 51.4 Å². The first-order valence-electron chi connectivity index (χ1n) is 25.3. The van der Waals surface area contributed by atoms with E-state index in [-0.39, 0.29) is 12.8 Å². The Kier molecular flexibility index (Phi) is 36.9. The van der Waals surface area contributed by atoms with E-state index in [1.165, 1.54) is 64.2 Å². The normalized spacial score (nSPS) is 21.6. The van der Waals surface area contributed by atoms with Crippen LogP contribution in [-0.2, 0) is 50.9 Å². The van der Waals surface area contributed by atoms with E-state index in [1.807, 2.05) is 0 Å². The molecule has 1 saturated carbocycles. The highest BCUT2D eigenvalue weighted by atomic mass is 31.2. The predicted octanol–water partition coefficient (Wildman–Crippen LogP) is 9.63. The SMILES string of the molecule is CCCCCC=CCC=CCC=CCCCCCCCCC(=O)OC[C@H](COP(=O)(O)O[C@H]1C(O)C(O)C(OP(=O)(O)O)[C@@H](OP(=O)(O)O)C1O)OC(=O)CCCCCCCCCCCCCCC. The number of hydrogen-bond donors (Lipinski definition) is 8. The summed E-state index contributed by atoms with van der Waals surface area (Å²) in [6.45, 7) is 2.92. The molecular weight excluding hydrogens is 961 g/mol. The van der Waals surface area contributed by atoms with Gasteiger partial charge in [0, 0.05) is 12.8 Å². The Hall–Kier alpha value is -1.63. The second-order valence-electron chi connectivity index (χ2n) is 17.8. The zero-order chi connectivity index (χ0) is 51.4. The smallest absolute Gasteiger partial charge is 0.462 e. The van der Waals surface area contributed by atoms with Crippen molar-refractivity contribution in [2.75, 3.05) is 13.2 Å². The van der Waals surface area contributed by atoms with E-state index in [4.69, 9.17) is 18.5 Å². The van der Waals surface area contributed by atoms with Gasteiger partial charge in [-0.1, -0.05) is 166 Å². The van der Waals surface area contributed by atoms with Crippen LogP contribution < -0.4 is 0 Å². The zero-order valence-electron chi connectivity index (χ0n) is 41.1. The van der Waals surface area contributed by atoms with Crippen molar-refractivity contribution in [1.29, 1.82) is 0 Å². The van der Waals surface area contributed by atoms with Gasteiger partial charge < -0.3 is 49.3 Å². The number of hydrogen-bond acceptors (Lipinski definition) is 14. The van der Waals surface area contributed by atoms with Crippen molar-refractivity contribution in [3.63, 3.8) is 0 Å². The van der Waals surface area contributed by atoms with E-state index in [9.17, 15) is 63.1 Å². The standard InChI is InChI=1S/C47H87O19P3/c1-3-5-7-9-11-13-15-17-18-19-20-21-22-24-25-27-29-31-33-35-40(48)61-37-39(63-41(49)36-34-32-30-28-26-23-16-14-12-10-8-6-4-2)38-62-69(59,60)66-45-42(50)43(51)46(64-67(53,54)55)47(44(45)52)65-68(56,57)58/h11,13,17-18,20-21,39,42-47,50-52H,3-10,12,14-16,19,22-38H2,1-2H3,(H,59,60)(H2,53,54,55)(H2,56,57,58)/t39-,42?,43?,44?,45+,46?,47+/m1/s1. The molecule has 0 aromatic heterocycles. The molecule has 8 N–H and O–H groups in total. The molecular formula is C47H87O19P3. The molecule has 8 atom stereocenters. The number of aliphatic hydroxyl groups is 3. The molecule has 69 heavy (non-hydrogen) atoms. The molecule has 1 fully saturated rings. The molecule has 5 unspecified atom stereocenters. The fourth-order valence-electron chi connectivity index (χ4n) is 7.65. The van der Waals surface area contributed by atoms with Gasteiger partial charge in [0.05, 0.1) is 6.61 Å². The van der Waals surface area contributed by atoms with Crippen molar-refractivity contribution in [3.05, 3.63) is 36.5 Å². The quantitative estimate of drug-likeness (QED) is 0.0122. The van der Waals surface area contributed by atoms with Crippen molar-refractivity contribution in [2.45, 2.75) is 236 Å². The lowest BCUT2D eigenvalue weighted by Crippen LogP contribution is -2.65. The lowest BCUT2D eigenvalue weighted by atomic mass is 9.85. The van der Waals surface area contributed by atoms with Crippen LogP contribution in [0.2, 0.25) is 0 Å². The Morgan fingerprint density at radius 2 is 0.841 bits per heavy atom. The number of carbonyl (C=O) groups excluding carboxylic acids is 2. The van der Waals surface area contributed by atoms with E-state index in [1.54, 1.807) is 0 Å². The molecule has 0 radical (unpaired) electrons. The van der Waals surface area contributed by atoms with E-state index >= 15 is 0 Å². The van der Waals surface area contributed by atoms with Gasteiger partial charge >= 0.3 is 35.4 Å². The number of aliphatic hydroxyl groups excluding tert-OH is 3. The lowest BCUT2D eigenvalue weighted by Gasteiger charge is -2.44. The molecule has 1 aliphatic rings. The fourth-order valence-corrected chi connectivity index (χ4v) is 9.75. The van der Waals surface area contributed by atoms with Crippen molar-refractivity contribution in [2.24, 2.45) is 0 Å². The first kappa shape index (κ1) is 65.4. The summed E-state index contributed by atoms with van der Waals surface area (Å²) < 4.78 is 65.5. The van der Waals surface area contributed by atoms with Crippen LogP contribution in [0.3, 0.4) is 0 Å². The second-order valence-corrected chi connectivity index (χ2v) is 21.5. The molecule has 0 amide bonds. The number of carbonyl (C=O) groups is 2. The van der Waals surface area contributed by atoms with Gasteiger partial charge in [0.15, 0.2) is 6.10 Å². The summed E-state index contributed by atoms with van der Waals surface area (Å²) in [6.07, 6.45) is 24.4. The molecule has 22 heteroatoms. The van der Waals surface area contributed by atoms with E-state index in [0.717, 1.165) is 89.9 Å². The molecule has 0 spiro atoms. The number of unbranched alkanes of at least 4 members (excludes halogenated alkanes) is 21. The van der Waals surface area contributed by atoms with Crippen molar-refractivity contribution in [3.8, 4) is 0 Å². The van der Waals surface area contributed by atoms with Gasteiger partial charge in [0.25, 0.3) is 0 Å². The fraction of sp³-hybridized carbons (Fsp3) is 0.830. The van der Waals surface area contributed by atoms with Crippen LogP contribution in [0.4, 0.5) is 0 Å². The van der Waals surface area contributed by atoms with E-state index in [2.05, 4.69) is 59.4 Å². The Morgan fingerprint density at radius 1 is 0.464 bits per heavy atom. The van der Waals surface area contributed by atoms with Crippen LogP contribution in [0.5, 0.6) is 0 Å². The lowest BCUT2D eigenvalue weighted by molar-refractivity contribution is -0.213. The highest BCUT2D eigenvalue weighted by molar-refractivity contribution is 7.47. The minimum atomic E-state index is -5.60. The zero-order valence-corrected chi connectivity index (χ0v) is 43.8. The maximum Gasteiger partial charge on any atom is 0.472 e. The van der Waals surface area contributed by atoms with Gasteiger partial charge in [-0.3, -0.25) is 27.7 Å². The average Bonchev–Trinajstić information content (AvgIpc) is 3.28. The number of ether oxygens (including phenoxy) is 2. The molecule has 0 aliphatic heterocycles. The van der Waals surface area contributed by atoms with Gasteiger partial charge in [0.1, 0.15) is 43.2 Å².